The highest BCUT2D eigenvalue weighted by molar-refractivity contribution is 5.99. The predicted molar refractivity (Wildman–Crippen MR) is 104 cm³/mol. The van der Waals surface area contributed by atoms with Crippen molar-refractivity contribution in [2.75, 3.05) is 0 Å². The van der Waals surface area contributed by atoms with Gasteiger partial charge in [0.15, 0.2) is 0 Å². The van der Waals surface area contributed by atoms with Crippen molar-refractivity contribution in [3.8, 4) is 0 Å². The minimum Gasteiger partial charge on any atom is -0.460 e. The second-order valence-electron chi connectivity index (χ2n) is 7.33. The van der Waals surface area contributed by atoms with E-state index in [1.54, 1.807) is 41.5 Å². The summed E-state index contributed by atoms with van der Waals surface area (Å²) in [6.45, 7) is 10.2. The highest BCUT2D eigenvalue weighted by Crippen LogP contribution is 2.39. The van der Waals surface area contributed by atoms with E-state index in [0.29, 0.717) is 11.4 Å². The van der Waals surface area contributed by atoms with Gasteiger partial charge in [0.25, 0.3) is 0 Å². The standard InChI is InChI=1S/C19H26N4O6/c1-9(2)28-18(24)14-11(5)21-12(6)15(19(25)29-10(3)4)16(14)17-20-8-13(22(17)7)23(26)27/h8-10,16,21H,1-7H3. The first-order valence-electron chi connectivity index (χ1n) is 9.22. The molecule has 0 fully saturated rings. The molecule has 0 saturated carbocycles. The maximum Gasteiger partial charge on any atom is 0.342 e. The number of ether oxygens (including phenoxy) is 2. The van der Waals surface area contributed by atoms with E-state index in [1.165, 1.54) is 11.6 Å². The molecule has 1 N–H and O–H groups in total. The summed E-state index contributed by atoms with van der Waals surface area (Å²) < 4.78 is 12.0. The van der Waals surface area contributed by atoms with Gasteiger partial charge in [0.1, 0.15) is 12.1 Å². The van der Waals surface area contributed by atoms with Crippen molar-refractivity contribution in [2.24, 2.45) is 7.05 Å². The summed E-state index contributed by atoms with van der Waals surface area (Å²) in [6, 6.07) is 0. The molecule has 1 aliphatic rings. The Bertz CT molecular complexity index is 866. The Balaban J connectivity index is 2.70. The SMILES string of the molecule is CC1=C(C(=O)OC(C)C)C(c2ncc([N+](=O)[O-])n2C)C(C(=O)OC(C)C)=C(C)N1. The Morgan fingerprint density at radius 1 is 1.10 bits per heavy atom. The summed E-state index contributed by atoms with van der Waals surface area (Å²) in [7, 11) is 1.46. The normalized spacial score (nSPS) is 15.1. The zero-order chi connectivity index (χ0) is 22.0. The molecule has 10 heteroatoms. The number of rotatable bonds is 6. The molecule has 0 saturated heterocycles. The minimum atomic E-state index is -0.979. The number of esters is 2. The number of nitrogens with zero attached hydrogens (tertiary/aromatic N) is 3. The zero-order valence-electron chi connectivity index (χ0n) is 17.6. The van der Waals surface area contributed by atoms with Gasteiger partial charge in [-0.1, -0.05) is 0 Å². The smallest absolute Gasteiger partial charge is 0.342 e. The van der Waals surface area contributed by atoms with E-state index in [9.17, 15) is 19.7 Å². The van der Waals surface area contributed by atoms with Gasteiger partial charge in [0, 0.05) is 11.4 Å². The number of hydrogen-bond donors (Lipinski definition) is 1. The molecule has 0 aromatic carbocycles. The topological polar surface area (TPSA) is 126 Å². The van der Waals surface area contributed by atoms with Gasteiger partial charge >= 0.3 is 17.8 Å². The third-order valence-corrected chi connectivity index (χ3v) is 4.33. The Hall–Kier alpha value is -3.17. The summed E-state index contributed by atoms with van der Waals surface area (Å²) in [4.78, 5) is 40.6. The van der Waals surface area contributed by atoms with Crippen LogP contribution in [0.2, 0.25) is 0 Å². The number of dihydropyridines is 1. The van der Waals surface area contributed by atoms with Crippen LogP contribution in [0, 0.1) is 10.1 Å². The fourth-order valence-corrected chi connectivity index (χ4v) is 3.20. The van der Waals surface area contributed by atoms with E-state index >= 15 is 0 Å². The van der Waals surface area contributed by atoms with Gasteiger partial charge in [-0.05, 0) is 46.5 Å². The van der Waals surface area contributed by atoms with Crippen LogP contribution < -0.4 is 5.32 Å². The van der Waals surface area contributed by atoms with Gasteiger partial charge in [0.2, 0.25) is 5.82 Å². The molecule has 1 aromatic heterocycles. The van der Waals surface area contributed by atoms with Crippen molar-refractivity contribution in [1.29, 1.82) is 0 Å². The lowest BCUT2D eigenvalue weighted by molar-refractivity contribution is -0.391. The number of hydrogen-bond acceptors (Lipinski definition) is 8. The third kappa shape index (κ3) is 4.47. The van der Waals surface area contributed by atoms with E-state index in [2.05, 4.69) is 10.3 Å². The lowest BCUT2D eigenvalue weighted by Crippen LogP contribution is -2.34. The fourth-order valence-electron chi connectivity index (χ4n) is 3.20. The zero-order valence-corrected chi connectivity index (χ0v) is 17.6. The van der Waals surface area contributed by atoms with E-state index in [4.69, 9.17) is 9.47 Å². The highest BCUT2D eigenvalue weighted by atomic mass is 16.6. The van der Waals surface area contributed by atoms with Crippen LogP contribution in [0.25, 0.3) is 0 Å². The molecule has 0 spiro atoms. The van der Waals surface area contributed by atoms with Crippen LogP contribution in [-0.2, 0) is 26.1 Å². The van der Waals surface area contributed by atoms with E-state index in [0.717, 1.165) is 6.20 Å². The fraction of sp³-hybridized carbons (Fsp3) is 0.526. The molecule has 1 aliphatic heterocycles. The maximum absolute atomic E-state index is 12.9. The molecular formula is C19H26N4O6. The van der Waals surface area contributed by atoms with Crippen molar-refractivity contribution < 1.29 is 24.0 Å². The average Bonchev–Trinajstić information content (AvgIpc) is 2.93. The van der Waals surface area contributed by atoms with Crippen LogP contribution in [0.4, 0.5) is 5.82 Å². The van der Waals surface area contributed by atoms with Crippen LogP contribution in [0.1, 0.15) is 53.3 Å². The van der Waals surface area contributed by atoms with Gasteiger partial charge in [0.05, 0.1) is 30.4 Å². The lowest BCUT2D eigenvalue weighted by atomic mass is 9.84. The molecule has 158 valence electrons. The van der Waals surface area contributed by atoms with Gasteiger partial charge in [-0.3, -0.25) is 0 Å². The van der Waals surface area contributed by atoms with Crippen LogP contribution in [-0.4, -0.2) is 38.6 Å². The molecule has 0 radical (unpaired) electrons. The first kappa shape index (κ1) is 22.1. The first-order chi connectivity index (χ1) is 13.5. The minimum absolute atomic E-state index is 0.156. The van der Waals surface area contributed by atoms with Crippen molar-refractivity contribution in [3.63, 3.8) is 0 Å². The molecular weight excluding hydrogens is 380 g/mol. The largest absolute Gasteiger partial charge is 0.460 e. The van der Waals surface area contributed by atoms with Crippen LogP contribution in [0.15, 0.2) is 28.7 Å². The molecule has 2 heterocycles. The molecule has 0 amide bonds. The molecule has 29 heavy (non-hydrogen) atoms. The second-order valence-corrected chi connectivity index (χ2v) is 7.33. The van der Waals surface area contributed by atoms with Gasteiger partial charge in [-0.25, -0.2) is 19.1 Å². The quantitative estimate of drug-likeness (QED) is 0.434. The number of carbonyl (C=O) groups excluding carboxylic acids is 2. The van der Waals surface area contributed by atoms with Gasteiger partial charge < -0.3 is 24.9 Å². The average molecular weight is 406 g/mol. The number of allylic oxidation sites excluding steroid dienone is 2. The van der Waals surface area contributed by atoms with Crippen LogP contribution in [0.5, 0.6) is 0 Å². The third-order valence-electron chi connectivity index (χ3n) is 4.33. The monoisotopic (exact) mass is 406 g/mol. The predicted octanol–water partition coefficient (Wildman–Crippen LogP) is 2.47. The van der Waals surface area contributed by atoms with Crippen molar-refractivity contribution in [1.82, 2.24) is 14.9 Å². The lowest BCUT2D eigenvalue weighted by Gasteiger charge is -2.29. The summed E-state index contributed by atoms with van der Waals surface area (Å²) in [5.74, 6) is -2.34. The number of nitro groups is 1. The molecule has 1 aromatic rings. The number of aromatic nitrogens is 2. The molecule has 0 aliphatic carbocycles. The summed E-state index contributed by atoms with van der Waals surface area (Å²) in [5, 5.41) is 14.3. The molecule has 0 unspecified atom stereocenters. The number of imidazole rings is 1. The van der Waals surface area contributed by atoms with Crippen LogP contribution >= 0.6 is 0 Å². The number of nitrogens with one attached hydrogen (secondary N) is 1. The molecule has 0 bridgehead atoms. The van der Waals surface area contributed by atoms with Crippen molar-refractivity contribution >= 4 is 17.8 Å². The van der Waals surface area contributed by atoms with Crippen molar-refractivity contribution in [3.05, 3.63) is 44.7 Å². The molecule has 2 rings (SSSR count). The Kier molecular flexibility index (Phi) is 6.45. The second kappa shape index (κ2) is 8.46. The Morgan fingerprint density at radius 3 is 1.90 bits per heavy atom. The van der Waals surface area contributed by atoms with E-state index in [1.807, 2.05) is 0 Å². The van der Waals surface area contributed by atoms with E-state index in [-0.39, 0.29) is 22.8 Å². The van der Waals surface area contributed by atoms with Crippen LogP contribution in [0.3, 0.4) is 0 Å². The van der Waals surface area contributed by atoms with Crippen molar-refractivity contribution in [2.45, 2.75) is 59.7 Å². The number of carbonyl (C=O) groups is 2. The summed E-state index contributed by atoms with van der Waals surface area (Å²) in [5.41, 5.74) is 1.27. The maximum atomic E-state index is 12.9. The Morgan fingerprint density at radius 2 is 1.55 bits per heavy atom. The molecule has 0 atom stereocenters. The first-order valence-corrected chi connectivity index (χ1v) is 9.22. The van der Waals surface area contributed by atoms with E-state index < -0.39 is 35.0 Å². The summed E-state index contributed by atoms with van der Waals surface area (Å²) in [6.07, 6.45) is 0.313. The molecule has 10 nitrogen and oxygen atoms in total. The highest BCUT2D eigenvalue weighted by Gasteiger charge is 2.43. The van der Waals surface area contributed by atoms with Gasteiger partial charge in [-0.15, -0.1) is 0 Å². The summed E-state index contributed by atoms with van der Waals surface area (Å²) >= 11 is 0. The van der Waals surface area contributed by atoms with Gasteiger partial charge in [-0.2, -0.15) is 0 Å². The Labute approximate surface area is 168 Å².